The van der Waals surface area contributed by atoms with Gasteiger partial charge in [0.2, 0.25) is 0 Å². The molecule has 152 valence electrons. The van der Waals surface area contributed by atoms with Gasteiger partial charge in [0.15, 0.2) is 0 Å². The molecule has 2 aromatic carbocycles. The third-order valence-electron chi connectivity index (χ3n) is 5.54. The molecule has 1 aliphatic rings. The standard InChI is InChI=1S/C21H24N6S.ClH/c1-4-10-20-17(7-1)21(23-28-20)26-15-13-25(14-16-26)11-5-6-12-27-19-9-3-2-8-18(19)22-24-27;/h1-4,7-10H,5-6,11-16H2;1H. The highest BCUT2D eigenvalue weighted by atomic mass is 35.5. The van der Waals surface area contributed by atoms with Crippen LogP contribution in [0.3, 0.4) is 0 Å². The van der Waals surface area contributed by atoms with E-state index in [0.29, 0.717) is 0 Å². The fourth-order valence-corrected chi connectivity index (χ4v) is 4.76. The predicted molar refractivity (Wildman–Crippen MR) is 122 cm³/mol. The molecule has 2 aromatic heterocycles. The molecule has 0 radical (unpaired) electrons. The quantitative estimate of drug-likeness (QED) is 0.433. The van der Waals surface area contributed by atoms with Crippen molar-refractivity contribution in [2.24, 2.45) is 0 Å². The maximum absolute atomic E-state index is 4.71. The van der Waals surface area contributed by atoms with Crippen LogP contribution in [0.2, 0.25) is 0 Å². The molecule has 1 fully saturated rings. The lowest BCUT2D eigenvalue weighted by molar-refractivity contribution is 0.250. The van der Waals surface area contributed by atoms with Gasteiger partial charge in [-0.05, 0) is 55.2 Å². The number of aryl methyl sites for hydroxylation is 1. The number of rotatable bonds is 6. The zero-order valence-corrected chi connectivity index (χ0v) is 17.9. The van der Waals surface area contributed by atoms with Crippen LogP contribution >= 0.6 is 23.9 Å². The molecule has 0 atom stereocenters. The Hall–Kier alpha value is -2.22. The summed E-state index contributed by atoms with van der Waals surface area (Å²) in [7, 11) is 0. The number of anilines is 1. The van der Waals surface area contributed by atoms with Crippen LogP contribution in [-0.2, 0) is 6.54 Å². The van der Waals surface area contributed by atoms with Crippen molar-refractivity contribution in [3.05, 3.63) is 48.5 Å². The second-order valence-electron chi connectivity index (χ2n) is 7.34. The molecule has 1 saturated heterocycles. The van der Waals surface area contributed by atoms with Crippen molar-refractivity contribution in [3.63, 3.8) is 0 Å². The summed E-state index contributed by atoms with van der Waals surface area (Å²) in [5.74, 6) is 1.17. The molecule has 4 aromatic rings. The number of aromatic nitrogens is 4. The summed E-state index contributed by atoms with van der Waals surface area (Å²) in [5.41, 5.74) is 2.11. The lowest BCUT2D eigenvalue weighted by atomic mass is 10.2. The van der Waals surface area contributed by atoms with E-state index in [4.69, 9.17) is 4.37 Å². The molecule has 0 spiro atoms. The highest BCUT2D eigenvalue weighted by molar-refractivity contribution is 7.13. The zero-order valence-electron chi connectivity index (χ0n) is 16.3. The maximum atomic E-state index is 4.71. The Kier molecular flexibility index (Phi) is 6.28. The van der Waals surface area contributed by atoms with Gasteiger partial charge in [0.1, 0.15) is 11.3 Å². The summed E-state index contributed by atoms with van der Waals surface area (Å²) in [6.45, 7) is 6.42. The third-order valence-corrected chi connectivity index (χ3v) is 6.36. The van der Waals surface area contributed by atoms with Crippen molar-refractivity contribution >= 4 is 50.9 Å². The molecule has 5 rings (SSSR count). The van der Waals surface area contributed by atoms with Crippen molar-refractivity contribution in [1.29, 1.82) is 0 Å². The molecular formula is C21H25ClN6S. The Labute approximate surface area is 180 Å². The SMILES string of the molecule is Cl.c1ccc2c(c1)nnn2CCCCN1CCN(c2nsc3ccccc23)CC1. The topological polar surface area (TPSA) is 50.1 Å². The van der Waals surface area contributed by atoms with E-state index in [0.717, 1.165) is 56.7 Å². The number of hydrogen-bond acceptors (Lipinski definition) is 6. The van der Waals surface area contributed by atoms with Gasteiger partial charge in [-0.1, -0.05) is 29.5 Å². The number of piperazine rings is 1. The van der Waals surface area contributed by atoms with Crippen LogP contribution in [0.15, 0.2) is 48.5 Å². The first-order chi connectivity index (χ1) is 13.9. The van der Waals surface area contributed by atoms with Gasteiger partial charge in [-0.15, -0.1) is 17.5 Å². The van der Waals surface area contributed by atoms with Crippen molar-refractivity contribution < 1.29 is 0 Å². The molecule has 0 N–H and O–H groups in total. The van der Waals surface area contributed by atoms with Crippen LogP contribution in [0.1, 0.15) is 12.8 Å². The number of benzene rings is 2. The first-order valence-corrected chi connectivity index (χ1v) is 10.8. The molecule has 6 nitrogen and oxygen atoms in total. The van der Waals surface area contributed by atoms with E-state index < -0.39 is 0 Å². The summed E-state index contributed by atoms with van der Waals surface area (Å²) < 4.78 is 8.01. The second-order valence-corrected chi connectivity index (χ2v) is 8.14. The Bertz CT molecular complexity index is 1070. The summed E-state index contributed by atoms with van der Waals surface area (Å²) >= 11 is 1.61. The first-order valence-electron chi connectivity index (χ1n) is 9.98. The third kappa shape index (κ3) is 4.22. The van der Waals surface area contributed by atoms with Crippen LogP contribution < -0.4 is 4.90 Å². The average molecular weight is 429 g/mol. The smallest absolute Gasteiger partial charge is 0.150 e. The van der Waals surface area contributed by atoms with E-state index in [1.54, 1.807) is 11.5 Å². The number of unbranched alkanes of at least 4 members (excludes halogenated alkanes) is 1. The van der Waals surface area contributed by atoms with Gasteiger partial charge in [0.25, 0.3) is 0 Å². The van der Waals surface area contributed by atoms with Gasteiger partial charge < -0.3 is 4.90 Å². The summed E-state index contributed by atoms with van der Waals surface area (Å²) in [6.07, 6.45) is 2.32. The van der Waals surface area contributed by atoms with Crippen molar-refractivity contribution in [2.45, 2.75) is 19.4 Å². The Morgan fingerprint density at radius 3 is 2.52 bits per heavy atom. The molecule has 0 aliphatic carbocycles. The largest absolute Gasteiger partial charge is 0.353 e. The molecule has 29 heavy (non-hydrogen) atoms. The Morgan fingerprint density at radius 2 is 1.62 bits per heavy atom. The van der Waals surface area contributed by atoms with E-state index in [1.165, 1.54) is 22.3 Å². The van der Waals surface area contributed by atoms with Gasteiger partial charge in [-0.2, -0.15) is 4.37 Å². The molecule has 0 unspecified atom stereocenters. The van der Waals surface area contributed by atoms with E-state index in [2.05, 4.69) is 50.4 Å². The van der Waals surface area contributed by atoms with Gasteiger partial charge in [0.05, 0.1) is 10.2 Å². The second kappa shape index (κ2) is 9.07. The summed E-state index contributed by atoms with van der Waals surface area (Å²) in [5, 5.41) is 9.81. The highest BCUT2D eigenvalue weighted by Crippen LogP contribution is 2.29. The molecule has 1 aliphatic heterocycles. The van der Waals surface area contributed by atoms with Crippen LogP contribution in [0.5, 0.6) is 0 Å². The lowest BCUT2D eigenvalue weighted by Gasteiger charge is -2.35. The Balaban J connectivity index is 0.00000205. The van der Waals surface area contributed by atoms with Gasteiger partial charge in [-0.25, -0.2) is 4.68 Å². The van der Waals surface area contributed by atoms with E-state index in [1.807, 2.05) is 22.9 Å². The van der Waals surface area contributed by atoms with Gasteiger partial charge in [-0.3, -0.25) is 4.90 Å². The van der Waals surface area contributed by atoms with Gasteiger partial charge in [0, 0.05) is 38.1 Å². The van der Waals surface area contributed by atoms with Crippen LogP contribution in [-0.4, -0.2) is 57.0 Å². The lowest BCUT2D eigenvalue weighted by Crippen LogP contribution is -2.46. The van der Waals surface area contributed by atoms with Gasteiger partial charge >= 0.3 is 0 Å². The average Bonchev–Trinajstić information content (AvgIpc) is 3.36. The number of halogens is 1. The molecule has 0 amide bonds. The first kappa shape index (κ1) is 20.1. The van der Waals surface area contributed by atoms with Crippen molar-refractivity contribution in [3.8, 4) is 0 Å². The monoisotopic (exact) mass is 428 g/mol. The Morgan fingerprint density at radius 1 is 0.862 bits per heavy atom. The van der Waals surface area contributed by atoms with Crippen molar-refractivity contribution in [1.82, 2.24) is 24.3 Å². The molecule has 3 heterocycles. The number of hydrogen-bond donors (Lipinski definition) is 0. The maximum Gasteiger partial charge on any atom is 0.150 e. The zero-order chi connectivity index (χ0) is 18.8. The minimum Gasteiger partial charge on any atom is -0.353 e. The van der Waals surface area contributed by atoms with Crippen molar-refractivity contribution in [2.75, 3.05) is 37.6 Å². The van der Waals surface area contributed by atoms with E-state index >= 15 is 0 Å². The predicted octanol–water partition coefficient (Wildman–Crippen LogP) is 4.07. The minimum atomic E-state index is 0. The normalized spacial score (nSPS) is 15.1. The fraction of sp³-hybridized carbons (Fsp3) is 0.381. The number of para-hydroxylation sites is 1. The highest BCUT2D eigenvalue weighted by Gasteiger charge is 2.20. The molecule has 0 saturated carbocycles. The number of nitrogens with zero attached hydrogens (tertiary/aromatic N) is 6. The van der Waals surface area contributed by atoms with E-state index in [9.17, 15) is 0 Å². The van der Waals surface area contributed by atoms with Crippen LogP contribution in [0.25, 0.3) is 21.1 Å². The van der Waals surface area contributed by atoms with Crippen LogP contribution in [0, 0.1) is 0 Å². The fourth-order valence-electron chi connectivity index (χ4n) is 3.96. The minimum absolute atomic E-state index is 0. The molecule has 0 bridgehead atoms. The number of fused-ring (bicyclic) bond motifs is 2. The summed E-state index contributed by atoms with van der Waals surface area (Å²) in [6, 6.07) is 16.7. The van der Waals surface area contributed by atoms with Crippen LogP contribution in [0.4, 0.5) is 5.82 Å². The molecular weight excluding hydrogens is 404 g/mol. The molecule has 8 heteroatoms. The summed E-state index contributed by atoms with van der Waals surface area (Å²) in [4.78, 5) is 5.02. The van der Waals surface area contributed by atoms with E-state index in [-0.39, 0.29) is 12.4 Å².